The monoisotopic (exact) mass is 636 g/mol. The van der Waals surface area contributed by atoms with Gasteiger partial charge in [-0.3, -0.25) is 0 Å². The van der Waals surface area contributed by atoms with Crippen molar-refractivity contribution in [3.8, 4) is 0 Å². The van der Waals surface area contributed by atoms with Gasteiger partial charge >= 0.3 is 0 Å². The molecule has 4 saturated carbocycles. The van der Waals surface area contributed by atoms with Gasteiger partial charge in [-0.1, -0.05) is 53.2 Å². The molecule has 16 unspecified atom stereocenters. The standard InChI is InChI=1S/C36H60O9/c1-19-26(41)27(42)28(43)30(44-19)45-25-9-10-32(4)23(33(25,5)17-37)8-11-34(6)29(32)22(39)14-20-21-15-31(2,3)12-13-36(21,18-38)24(40)16-35(20,34)7/h14,19,21-30,37-43H,8-13,15-18H2,1-7H3. The quantitative estimate of drug-likeness (QED) is 0.182. The number of aliphatic hydroxyl groups excluding tert-OH is 7. The van der Waals surface area contributed by atoms with Crippen LogP contribution in [0.25, 0.3) is 0 Å². The maximum absolute atomic E-state index is 12.3. The Morgan fingerprint density at radius 2 is 1.51 bits per heavy atom. The predicted molar refractivity (Wildman–Crippen MR) is 168 cm³/mol. The zero-order chi connectivity index (χ0) is 33.1. The summed E-state index contributed by atoms with van der Waals surface area (Å²) in [4.78, 5) is 0. The van der Waals surface area contributed by atoms with Crippen molar-refractivity contribution in [3.05, 3.63) is 11.6 Å². The summed E-state index contributed by atoms with van der Waals surface area (Å²) < 4.78 is 12.2. The van der Waals surface area contributed by atoms with E-state index in [0.717, 1.165) is 38.5 Å². The molecule has 6 aliphatic rings. The molecule has 0 aromatic carbocycles. The predicted octanol–water partition coefficient (Wildman–Crippen LogP) is 2.91. The minimum absolute atomic E-state index is 0.00276. The Labute approximate surface area is 269 Å². The van der Waals surface area contributed by atoms with Gasteiger partial charge in [0.15, 0.2) is 6.29 Å². The Morgan fingerprint density at radius 1 is 0.822 bits per heavy atom. The van der Waals surface area contributed by atoms with Crippen molar-refractivity contribution in [3.63, 3.8) is 0 Å². The fourth-order valence-corrected chi connectivity index (χ4v) is 12.3. The van der Waals surface area contributed by atoms with Gasteiger partial charge in [-0.25, -0.2) is 0 Å². The van der Waals surface area contributed by atoms with Crippen LogP contribution in [0.15, 0.2) is 11.6 Å². The lowest BCUT2D eigenvalue weighted by molar-refractivity contribution is -0.329. The molecule has 0 radical (unpaired) electrons. The number of hydrogen-bond donors (Lipinski definition) is 7. The third kappa shape index (κ3) is 4.58. The van der Waals surface area contributed by atoms with Crippen molar-refractivity contribution in [2.45, 2.75) is 149 Å². The minimum atomic E-state index is -1.42. The summed E-state index contributed by atoms with van der Waals surface area (Å²) in [5, 5.41) is 77.3. The molecular formula is C36H60O9. The summed E-state index contributed by atoms with van der Waals surface area (Å²) in [6.07, 6.45) is 0.513. The van der Waals surface area contributed by atoms with Gasteiger partial charge in [0.05, 0.1) is 37.6 Å². The molecular weight excluding hydrogens is 576 g/mol. The topological polar surface area (TPSA) is 160 Å². The molecule has 0 aromatic rings. The van der Waals surface area contributed by atoms with E-state index in [1.165, 1.54) is 5.57 Å². The maximum Gasteiger partial charge on any atom is 0.186 e. The molecule has 7 N–H and O–H groups in total. The second-order valence-corrected chi connectivity index (χ2v) is 18.0. The van der Waals surface area contributed by atoms with Gasteiger partial charge in [0.1, 0.15) is 18.3 Å². The Balaban J connectivity index is 1.35. The normalized spacial score (nSPS) is 57.6. The van der Waals surface area contributed by atoms with Gasteiger partial charge in [0.2, 0.25) is 0 Å². The van der Waals surface area contributed by atoms with E-state index >= 15 is 0 Å². The highest BCUT2D eigenvalue weighted by molar-refractivity contribution is 5.37. The Bertz CT molecular complexity index is 1180. The van der Waals surface area contributed by atoms with E-state index in [0.29, 0.717) is 12.8 Å². The average Bonchev–Trinajstić information content (AvgIpc) is 2.97. The van der Waals surface area contributed by atoms with E-state index in [4.69, 9.17) is 9.47 Å². The highest BCUT2D eigenvalue weighted by Gasteiger charge is 2.72. The third-order valence-electron chi connectivity index (χ3n) is 15.3. The van der Waals surface area contributed by atoms with Crippen molar-refractivity contribution in [1.82, 2.24) is 0 Å². The van der Waals surface area contributed by atoms with E-state index in [-0.39, 0.29) is 52.6 Å². The second kappa shape index (κ2) is 10.9. The lowest BCUT2D eigenvalue weighted by Gasteiger charge is -2.72. The molecule has 16 atom stereocenters. The minimum Gasteiger partial charge on any atom is -0.396 e. The van der Waals surface area contributed by atoms with Crippen LogP contribution in [-0.2, 0) is 9.47 Å². The van der Waals surface area contributed by atoms with E-state index in [2.05, 4.69) is 40.7 Å². The van der Waals surface area contributed by atoms with Crippen molar-refractivity contribution in [2.24, 2.45) is 50.2 Å². The van der Waals surface area contributed by atoms with Crippen LogP contribution in [0.2, 0.25) is 0 Å². The maximum atomic E-state index is 12.3. The third-order valence-corrected chi connectivity index (χ3v) is 15.3. The van der Waals surface area contributed by atoms with Crippen LogP contribution in [0.5, 0.6) is 0 Å². The molecule has 1 saturated heterocycles. The van der Waals surface area contributed by atoms with Gasteiger partial charge in [-0.15, -0.1) is 0 Å². The van der Waals surface area contributed by atoms with Crippen LogP contribution in [0.3, 0.4) is 0 Å². The van der Waals surface area contributed by atoms with Crippen molar-refractivity contribution in [2.75, 3.05) is 13.2 Å². The van der Waals surface area contributed by atoms with Crippen molar-refractivity contribution in [1.29, 1.82) is 0 Å². The molecule has 6 rings (SSSR count). The van der Waals surface area contributed by atoms with Crippen molar-refractivity contribution >= 4 is 0 Å². The molecule has 1 heterocycles. The highest BCUT2D eigenvalue weighted by atomic mass is 16.7. The van der Waals surface area contributed by atoms with Crippen LogP contribution in [0.4, 0.5) is 0 Å². The van der Waals surface area contributed by atoms with Crippen molar-refractivity contribution < 1.29 is 45.2 Å². The van der Waals surface area contributed by atoms with Gasteiger partial charge in [-0.05, 0) is 91.8 Å². The van der Waals surface area contributed by atoms with Crippen LogP contribution >= 0.6 is 0 Å². The van der Waals surface area contributed by atoms with Crippen LogP contribution in [0, 0.1) is 50.2 Å². The van der Waals surface area contributed by atoms with Crippen LogP contribution in [0.1, 0.15) is 99.8 Å². The SMILES string of the molecule is CC1OC(OC2CCC3(C)C(CCC4(C)C3C(O)C=C3C5CC(C)(C)CCC5(CO)C(O)CC34C)C2(C)CO)C(O)C(O)C1O. The first kappa shape index (κ1) is 34.3. The summed E-state index contributed by atoms with van der Waals surface area (Å²) in [7, 11) is 0. The number of hydrogen-bond acceptors (Lipinski definition) is 9. The molecule has 5 fully saturated rings. The molecule has 9 heteroatoms. The number of ether oxygens (including phenoxy) is 2. The molecule has 9 nitrogen and oxygen atoms in total. The number of allylic oxidation sites excluding steroid dienone is 1. The van der Waals surface area contributed by atoms with Crippen LogP contribution in [-0.4, -0.2) is 98.0 Å². The van der Waals surface area contributed by atoms with E-state index < -0.39 is 59.8 Å². The smallest absolute Gasteiger partial charge is 0.186 e. The summed E-state index contributed by atoms with van der Waals surface area (Å²) in [5.74, 6) is -0.126. The van der Waals surface area contributed by atoms with E-state index in [9.17, 15) is 35.7 Å². The molecule has 45 heavy (non-hydrogen) atoms. The van der Waals surface area contributed by atoms with Gasteiger partial charge in [0, 0.05) is 16.7 Å². The molecule has 0 bridgehead atoms. The molecule has 0 aromatic heterocycles. The molecule has 0 amide bonds. The summed E-state index contributed by atoms with van der Waals surface area (Å²) in [6, 6.07) is 0. The van der Waals surface area contributed by atoms with Crippen LogP contribution < -0.4 is 0 Å². The molecule has 5 aliphatic carbocycles. The number of fused-ring (bicyclic) bond motifs is 7. The first-order chi connectivity index (χ1) is 20.8. The first-order valence-corrected chi connectivity index (χ1v) is 17.5. The first-order valence-electron chi connectivity index (χ1n) is 17.5. The Kier molecular flexibility index (Phi) is 8.33. The average molecular weight is 637 g/mol. The van der Waals surface area contributed by atoms with Gasteiger partial charge in [-0.2, -0.15) is 0 Å². The lowest BCUT2D eigenvalue weighted by Crippen LogP contribution is -2.70. The molecule has 258 valence electrons. The van der Waals surface area contributed by atoms with Gasteiger partial charge in [0.25, 0.3) is 0 Å². The second-order valence-electron chi connectivity index (χ2n) is 18.0. The fourth-order valence-electron chi connectivity index (χ4n) is 12.3. The molecule has 0 spiro atoms. The van der Waals surface area contributed by atoms with E-state index in [1.54, 1.807) is 6.92 Å². The largest absolute Gasteiger partial charge is 0.396 e. The zero-order valence-corrected chi connectivity index (χ0v) is 28.4. The Hall–Kier alpha value is -0.620. The summed E-state index contributed by atoms with van der Waals surface area (Å²) in [6.45, 7) is 14.9. The summed E-state index contributed by atoms with van der Waals surface area (Å²) >= 11 is 0. The zero-order valence-electron chi connectivity index (χ0n) is 28.4. The summed E-state index contributed by atoms with van der Waals surface area (Å²) in [5.41, 5.74) is -1.03. The molecule has 1 aliphatic heterocycles. The number of rotatable bonds is 4. The Morgan fingerprint density at radius 3 is 2.16 bits per heavy atom. The van der Waals surface area contributed by atoms with E-state index in [1.807, 2.05) is 6.92 Å². The highest BCUT2D eigenvalue weighted by Crippen LogP contribution is 2.75. The lowest BCUT2D eigenvalue weighted by atomic mass is 9.33. The number of aliphatic hydroxyl groups is 7. The fraction of sp³-hybridized carbons (Fsp3) is 0.944. The van der Waals surface area contributed by atoms with Gasteiger partial charge < -0.3 is 45.2 Å².